The maximum absolute atomic E-state index is 13.2. The van der Waals surface area contributed by atoms with Gasteiger partial charge in [-0.3, -0.25) is 9.40 Å². The van der Waals surface area contributed by atoms with E-state index in [-0.39, 0.29) is 4.90 Å². The summed E-state index contributed by atoms with van der Waals surface area (Å²) in [6.07, 6.45) is 3.49. The van der Waals surface area contributed by atoms with Gasteiger partial charge in [0.05, 0.1) is 11.4 Å². The van der Waals surface area contributed by atoms with Crippen LogP contribution in [0.15, 0.2) is 65.8 Å². The largest absolute Gasteiger partial charge is 0.280 e. The summed E-state index contributed by atoms with van der Waals surface area (Å²) in [5.41, 5.74) is 1.26. The second-order valence-electron chi connectivity index (χ2n) is 5.08. The Hall–Kier alpha value is -2.74. The van der Waals surface area contributed by atoms with Crippen LogP contribution in [0.2, 0.25) is 0 Å². The summed E-state index contributed by atoms with van der Waals surface area (Å²) in [6.45, 7) is 0.559. The highest BCUT2D eigenvalue weighted by Crippen LogP contribution is 2.19. The topological polar surface area (TPSA) is 64.0 Å². The van der Waals surface area contributed by atoms with Crippen molar-refractivity contribution in [3.05, 3.63) is 78.1 Å². The molecule has 0 amide bonds. The molecule has 0 aliphatic heterocycles. The minimum absolute atomic E-state index is 0.323. The van der Waals surface area contributed by atoms with Crippen LogP contribution >= 0.6 is 0 Å². The number of aromatic nitrogens is 2. The molecule has 0 aliphatic carbocycles. The van der Waals surface area contributed by atoms with Crippen LogP contribution < -0.4 is 4.72 Å². The van der Waals surface area contributed by atoms with E-state index in [2.05, 4.69) is 9.82 Å². The van der Waals surface area contributed by atoms with Crippen LogP contribution in [-0.2, 0) is 16.6 Å². The third-order valence-electron chi connectivity index (χ3n) is 3.31. The van der Waals surface area contributed by atoms with Crippen LogP contribution in [0.5, 0.6) is 0 Å². The number of sulfonamides is 1. The predicted molar refractivity (Wildman–Crippen MR) is 84.9 cm³/mol. The van der Waals surface area contributed by atoms with Crippen LogP contribution in [0.4, 0.5) is 14.5 Å². The normalized spacial score (nSPS) is 11.4. The molecule has 24 heavy (non-hydrogen) atoms. The number of rotatable bonds is 5. The lowest BCUT2D eigenvalue weighted by Crippen LogP contribution is -2.13. The third-order valence-corrected chi connectivity index (χ3v) is 4.69. The van der Waals surface area contributed by atoms with Gasteiger partial charge < -0.3 is 0 Å². The Morgan fingerprint density at radius 3 is 2.42 bits per heavy atom. The molecule has 0 saturated heterocycles. The zero-order valence-electron chi connectivity index (χ0n) is 12.4. The lowest BCUT2D eigenvalue weighted by molar-refractivity contribution is 0.504. The zero-order chi connectivity index (χ0) is 17.2. The fraction of sp³-hybridized carbons (Fsp3) is 0.0625. The van der Waals surface area contributed by atoms with Crippen LogP contribution in [0, 0.1) is 11.6 Å². The molecule has 0 atom stereocenters. The number of hydrogen-bond acceptors (Lipinski definition) is 3. The monoisotopic (exact) mass is 349 g/mol. The first-order chi connectivity index (χ1) is 11.4. The first-order valence-corrected chi connectivity index (χ1v) is 8.46. The molecule has 3 aromatic rings. The Morgan fingerprint density at radius 1 is 1.04 bits per heavy atom. The van der Waals surface area contributed by atoms with E-state index in [0.717, 1.165) is 17.7 Å². The van der Waals surface area contributed by atoms with Gasteiger partial charge in [-0.1, -0.05) is 12.1 Å². The zero-order valence-corrected chi connectivity index (χ0v) is 13.2. The quantitative estimate of drug-likeness (QED) is 0.770. The highest BCUT2D eigenvalue weighted by Gasteiger charge is 2.16. The molecule has 124 valence electrons. The van der Waals surface area contributed by atoms with Gasteiger partial charge in [0.25, 0.3) is 10.0 Å². The average Bonchev–Trinajstić information content (AvgIpc) is 3.04. The summed E-state index contributed by atoms with van der Waals surface area (Å²) in [5, 5.41) is 4.09. The summed E-state index contributed by atoms with van der Waals surface area (Å²) >= 11 is 0. The van der Waals surface area contributed by atoms with E-state index in [0.29, 0.717) is 18.3 Å². The summed E-state index contributed by atoms with van der Waals surface area (Å²) < 4.78 is 54.6. The van der Waals surface area contributed by atoms with Crippen LogP contribution in [-0.4, -0.2) is 18.2 Å². The van der Waals surface area contributed by atoms with Crippen molar-refractivity contribution in [3.63, 3.8) is 0 Å². The van der Waals surface area contributed by atoms with Crippen molar-refractivity contribution in [2.24, 2.45) is 0 Å². The molecule has 1 N–H and O–H groups in total. The maximum atomic E-state index is 13.2. The summed E-state index contributed by atoms with van der Waals surface area (Å²) in [4.78, 5) is -0.345. The second kappa shape index (κ2) is 6.40. The molecule has 1 aromatic heterocycles. The number of benzene rings is 2. The highest BCUT2D eigenvalue weighted by atomic mass is 32.2. The van der Waals surface area contributed by atoms with Gasteiger partial charge in [-0.2, -0.15) is 5.10 Å². The fourth-order valence-corrected chi connectivity index (χ4v) is 3.19. The highest BCUT2D eigenvalue weighted by molar-refractivity contribution is 7.92. The van der Waals surface area contributed by atoms with E-state index in [4.69, 9.17) is 0 Å². The molecule has 0 unspecified atom stereocenters. The van der Waals surface area contributed by atoms with Crippen LogP contribution in [0.3, 0.4) is 0 Å². The molecular formula is C16H13F2N3O2S. The SMILES string of the molecule is O=S(=O)(Nc1ccc(Cn2cccn2)cc1)c1ccc(F)c(F)c1. The van der Waals surface area contributed by atoms with E-state index in [1.54, 1.807) is 35.1 Å². The molecule has 0 fully saturated rings. The molecule has 1 heterocycles. The van der Waals surface area contributed by atoms with Gasteiger partial charge in [0.15, 0.2) is 11.6 Å². The lowest BCUT2D eigenvalue weighted by atomic mass is 10.2. The second-order valence-corrected chi connectivity index (χ2v) is 6.76. The number of anilines is 1. The van der Waals surface area contributed by atoms with E-state index in [9.17, 15) is 17.2 Å². The van der Waals surface area contributed by atoms with E-state index in [1.165, 1.54) is 0 Å². The Balaban J connectivity index is 1.76. The third kappa shape index (κ3) is 3.60. The summed E-state index contributed by atoms with van der Waals surface area (Å²) in [5.74, 6) is -2.32. The number of hydrogen-bond donors (Lipinski definition) is 1. The van der Waals surface area contributed by atoms with Crippen molar-refractivity contribution in [2.75, 3.05) is 4.72 Å². The Morgan fingerprint density at radius 2 is 1.79 bits per heavy atom. The molecular weight excluding hydrogens is 336 g/mol. The van der Waals surface area contributed by atoms with Crippen molar-refractivity contribution < 1.29 is 17.2 Å². The Bertz CT molecular complexity index is 940. The van der Waals surface area contributed by atoms with E-state index in [1.807, 2.05) is 12.3 Å². The van der Waals surface area contributed by atoms with Crippen LogP contribution in [0.25, 0.3) is 0 Å². The number of nitrogens with one attached hydrogen (secondary N) is 1. The van der Waals surface area contributed by atoms with Gasteiger partial charge in [0.1, 0.15) is 0 Å². The van der Waals surface area contributed by atoms with Crippen LogP contribution in [0.1, 0.15) is 5.56 Å². The Labute approximate surface area is 137 Å². The number of halogens is 2. The van der Waals surface area contributed by atoms with Gasteiger partial charge in [-0.15, -0.1) is 0 Å². The molecule has 0 aliphatic rings. The van der Waals surface area contributed by atoms with E-state index < -0.39 is 21.7 Å². The van der Waals surface area contributed by atoms with E-state index >= 15 is 0 Å². The molecule has 0 saturated carbocycles. The number of nitrogens with zero attached hydrogens (tertiary/aromatic N) is 2. The summed E-state index contributed by atoms with van der Waals surface area (Å²) in [7, 11) is -3.99. The molecule has 3 rings (SSSR count). The fourth-order valence-electron chi connectivity index (χ4n) is 2.12. The van der Waals surface area contributed by atoms with Gasteiger partial charge in [-0.25, -0.2) is 17.2 Å². The van der Waals surface area contributed by atoms with Gasteiger partial charge >= 0.3 is 0 Å². The first kappa shape index (κ1) is 16.1. The summed E-state index contributed by atoms with van der Waals surface area (Å²) in [6, 6.07) is 10.9. The standard InChI is InChI=1S/C16H13F2N3O2S/c17-15-7-6-14(10-16(15)18)24(22,23)20-13-4-2-12(3-5-13)11-21-9-1-8-19-21/h1-10,20H,11H2. The minimum atomic E-state index is -3.99. The van der Waals surface area contributed by atoms with Gasteiger partial charge in [0, 0.05) is 18.1 Å². The predicted octanol–water partition coefficient (Wildman–Crippen LogP) is 3.01. The molecule has 5 nitrogen and oxygen atoms in total. The van der Waals surface area contributed by atoms with Crippen molar-refractivity contribution in [1.82, 2.24) is 9.78 Å². The van der Waals surface area contributed by atoms with Gasteiger partial charge in [-0.05, 0) is 42.0 Å². The average molecular weight is 349 g/mol. The smallest absolute Gasteiger partial charge is 0.261 e. The van der Waals surface area contributed by atoms with Crippen molar-refractivity contribution in [2.45, 2.75) is 11.4 Å². The first-order valence-electron chi connectivity index (χ1n) is 6.98. The lowest BCUT2D eigenvalue weighted by Gasteiger charge is -2.09. The molecule has 0 bridgehead atoms. The van der Waals surface area contributed by atoms with Crippen molar-refractivity contribution in [1.29, 1.82) is 0 Å². The molecule has 0 spiro atoms. The van der Waals surface area contributed by atoms with Crippen molar-refractivity contribution in [3.8, 4) is 0 Å². The Kier molecular flexibility index (Phi) is 4.30. The molecule has 8 heteroatoms. The molecule has 0 radical (unpaired) electrons. The van der Waals surface area contributed by atoms with Gasteiger partial charge in [0.2, 0.25) is 0 Å². The van der Waals surface area contributed by atoms with Crippen molar-refractivity contribution >= 4 is 15.7 Å². The molecule has 2 aromatic carbocycles. The minimum Gasteiger partial charge on any atom is -0.280 e. The maximum Gasteiger partial charge on any atom is 0.261 e.